The topological polar surface area (TPSA) is 24.4 Å². The second-order valence-corrected chi connectivity index (χ2v) is 4.45. The van der Waals surface area contributed by atoms with E-state index in [0.717, 1.165) is 0 Å². The van der Waals surface area contributed by atoms with Gasteiger partial charge in [-0.2, -0.15) is 5.10 Å². The van der Waals surface area contributed by atoms with Crippen LogP contribution in [0.2, 0.25) is 0 Å². The van der Waals surface area contributed by atoms with Crippen LogP contribution in [-0.4, -0.2) is 11.3 Å². The summed E-state index contributed by atoms with van der Waals surface area (Å²) in [6, 6.07) is 0. The minimum atomic E-state index is 0.173. The van der Waals surface area contributed by atoms with Gasteiger partial charge in [-0.05, 0) is 39.7 Å². The Labute approximate surface area is 73.7 Å². The second-order valence-electron chi connectivity index (χ2n) is 4.45. The van der Waals surface area contributed by atoms with Crippen molar-refractivity contribution in [1.29, 1.82) is 0 Å². The smallest absolute Gasteiger partial charge is 0.0657 e. The molecule has 1 N–H and O–H groups in total. The summed E-state index contributed by atoms with van der Waals surface area (Å²) in [4.78, 5) is 0. The average Bonchev–Trinajstić information content (AvgIpc) is 2.27. The molecule has 0 aromatic carbocycles. The molecule has 0 saturated heterocycles. The Morgan fingerprint density at radius 2 is 2.33 bits per heavy atom. The van der Waals surface area contributed by atoms with Crippen molar-refractivity contribution in [2.24, 2.45) is 11.0 Å². The maximum Gasteiger partial charge on any atom is 0.0657 e. The zero-order chi connectivity index (χ0) is 8.77. The van der Waals surface area contributed by atoms with Gasteiger partial charge in [0.15, 0.2) is 0 Å². The molecule has 0 radical (unpaired) electrons. The van der Waals surface area contributed by atoms with Crippen LogP contribution in [-0.2, 0) is 0 Å². The van der Waals surface area contributed by atoms with Gasteiger partial charge in [-0.15, -0.1) is 0 Å². The molecule has 0 saturated carbocycles. The summed E-state index contributed by atoms with van der Waals surface area (Å²) in [5, 5.41) is 4.35. The van der Waals surface area contributed by atoms with E-state index in [1.807, 2.05) is 0 Å². The number of rotatable bonds is 0. The summed E-state index contributed by atoms with van der Waals surface area (Å²) >= 11 is 0. The number of hydrogen-bond acceptors (Lipinski definition) is 2. The molecule has 2 nitrogen and oxygen atoms in total. The average molecular weight is 164 g/mol. The van der Waals surface area contributed by atoms with E-state index in [1.165, 1.54) is 24.1 Å². The van der Waals surface area contributed by atoms with Gasteiger partial charge in [0.05, 0.1) is 11.3 Å². The van der Waals surface area contributed by atoms with Gasteiger partial charge in [-0.1, -0.05) is 5.57 Å². The maximum absolute atomic E-state index is 4.35. The molecule has 2 heteroatoms. The standard InChI is InChI=1S/C10H16N2/c1-7-4-5-8-9(6-7)11-12-10(8,2)3/h6,8,12H,4-5H2,1-3H3. The van der Waals surface area contributed by atoms with Gasteiger partial charge in [-0.25, -0.2) is 0 Å². The number of hydrogen-bond donors (Lipinski definition) is 1. The van der Waals surface area contributed by atoms with Crippen LogP contribution in [0.15, 0.2) is 16.8 Å². The predicted octanol–water partition coefficient (Wildman–Crippen LogP) is 2.08. The molecule has 12 heavy (non-hydrogen) atoms. The summed E-state index contributed by atoms with van der Waals surface area (Å²) < 4.78 is 0. The van der Waals surface area contributed by atoms with Crippen molar-refractivity contribution in [3.05, 3.63) is 11.6 Å². The molecule has 66 valence electrons. The first-order valence-electron chi connectivity index (χ1n) is 4.61. The molecule has 2 rings (SSSR count). The second kappa shape index (κ2) is 2.35. The van der Waals surface area contributed by atoms with E-state index in [2.05, 4.69) is 37.4 Å². The zero-order valence-electron chi connectivity index (χ0n) is 8.02. The van der Waals surface area contributed by atoms with Crippen LogP contribution in [0.4, 0.5) is 0 Å². The minimum absolute atomic E-state index is 0.173. The summed E-state index contributed by atoms with van der Waals surface area (Å²) in [5.74, 6) is 0.626. The van der Waals surface area contributed by atoms with E-state index in [1.54, 1.807) is 0 Å². The molecule has 2 aliphatic rings. The third kappa shape index (κ3) is 1.06. The highest BCUT2D eigenvalue weighted by atomic mass is 15.4. The molecule has 0 aromatic rings. The predicted molar refractivity (Wildman–Crippen MR) is 51.1 cm³/mol. The van der Waals surface area contributed by atoms with Gasteiger partial charge in [0, 0.05) is 5.92 Å². The van der Waals surface area contributed by atoms with Gasteiger partial charge in [0.2, 0.25) is 0 Å². The van der Waals surface area contributed by atoms with Crippen LogP contribution in [0.1, 0.15) is 33.6 Å². The molecule has 1 atom stereocenters. The highest BCUT2D eigenvalue weighted by molar-refractivity contribution is 6.00. The minimum Gasteiger partial charge on any atom is -0.304 e. The van der Waals surface area contributed by atoms with Gasteiger partial charge in [0.25, 0.3) is 0 Å². The lowest BCUT2D eigenvalue weighted by Crippen LogP contribution is -2.40. The quantitative estimate of drug-likeness (QED) is 0.582. The highest BCUT2D eigenvalue weighted by Gasteiger charge is 2.38. The van der Waals surface area contributed by atoms with Crippen molar-refractivity contribution in [2.75, 3.05) is 0 Å². The van der Waals surface area contributed by atoms with Crippen molar-refractivity contribution >= 4 is 5.71 Å². The van der Waals surface area contributed by atoms with E-state index in [4.69, 9.17) is 0 Å². The molecule has 0 aromatic heterocycles. The van der Waals surface area contributed by atoms with Crippen molar-refractivity contribution in [3.8, 4) is 0 Å². The Hall–Kier alpha value is -0.790. The maximum atomic E-state index is 4.35. The molecule has 0 amide bonds. The fourth-order valence-corrected chi connectivity index (χ4v) is 2.07. The largest absolute Gasteiger partial charge is 0.304 e. The van der Waals surface area contributed by atoms with Crippen LogP contribution in [0.25, 0.3) is 0 Å². The van der Waals surface area contributed by atoms with Gasteiger partial charge < -0.3 is 5.43 Å². The Balaban J connectivity index is 2.29. The zero-order valence-corrected chi connectivity index (χ0v) is 8.02. The van der Waals surface area contributed by atoms with Gasteiger partial charge in [0.1, 0.15) is 0 Å². The Kier molecular flexibility index (Phi) is 1.53. The molecule has 0 bridgehead atoms. The van der Waals surface area contributed by atoms with Gasteiger partial charge in [-0.3, -0.25) is 0 Å². The third-order valence-electron chi connectivity index (χ3n) is 2.92. The lowest BCUT2D eigenvalue weighted by Gasteiger charge is -2.29. The Bertz CT molecular complexity index is 261. The SMILES string of the molecule is CC1=CC2=NNC(C)(C)C2CC1. The molecule has 1 heterocycles. The monoisotopic (exact) mass is 164 g/mol. The van der Waals surface area contributed by atoms with E-state index in [-0.39, 0.29) is 5.54 Å². The summed E-state index contributed by atoms with van der Waals surface area (Å²) in [6.07, 6.45) is 4.71. The van der Waals surface area contributed by atoms with E-state index in [0.29, 0.717) is 5.92 Å². The van der Waals surface area contributed by atoms with Crippen molar-refractivity contribution in [3.63, 3.8) is 0 Å². The van der Waals surface area contributed by atoms with Gasteiger partial charge >= 0.3 is 0 Å². The fourth-order valence-electron chi connectivity index (χ4n) is 2.07. The first-order chi connectivity index (χ1) is 5.59. The summed E-state index contributed by atoms with van der Waals surface area (Å²) in [5.41, 5.74) is 6.09. The molecule has 1 unspecified atom stereocenters. The van der Waals surface area contributed by atoms with Crippen LogP contribution in [0, 0.1) is 5.92 Å². The van der Waals surface area contributed by atoms with Crippen LogP contribution in [0.5, 0.6) is 0 Å². The Morgan fingerprint density at radius 3 is 3.08 bits per heavy atom. The van der Waals surface area contributed by atoms with E-state index >= 15 is 0 Å². The normalized spacial score (nSPS) is 31.8. The number of fused-ring (bicyclic) bond motifs is 1. The first-order valence-corrected chi connectivity index (χ1v) is 4.61. The summed E-state index contributed by atoms with van der Waals surface area (Å²) in [6.45, 7) is 6.63. The highest BCUT2D eigenvalue weighted by Crippen LogP contribution is 2.33. The van der Waals surface area contributed by atoms with E-state index < -0.39 is 0 Å². The van der Waals surface area contributed by atoms with Crippen molar-refractivity contribution in [2.45, 2.75) is 39.2 Å². The van der Waals surface area contributed by atoms with Crippen molar-refractivity contribution < 1.29 is 0 Å². The number of nitrogens with zero attached hydrogens (tertiary/aromatic N) is 1. The van der Waals surface area contributed by atoms with Crippen LogP contribution in [0.3, 0.4) is 0 Å². The lowest BCUT2D eigenvalue weighted by molar-refractivity contribution is 0.336. The molecule has 1 aliphatic heterocycles. The number of allylic oxidation sites excluding steroid dienone is 2. The number of nitrogens with one attached hydrogen (secondary N) is 1. The summed E-state index contributed by atoms with van der Waals surface area (Å²) in [7, 11) is 0. The Morgan fingerprint density at radius 1 is 1.58 bits per heavy atom. The third-order valence-corrected chi connectivity index (χ3v) is 2.92. The van der Waals surface area contributed by atoms with E-state index in [9.17, 15) is 0 Å². The number of hydrazone groups is 1. The van der Waals surface area contributed by atoms with Crippen LogP contribution < -0.4 is 5.43 Å². The molecular weight excluding hydrogens is 148 g/mol. The molecule has 1 aliphatic carbocycles. The van der Waals surface area contributed by atoms with Crippen molar-refractivity contribution in [1.82, 2.24) is 5.43 Å². The molecular formula is C10H16N2. The fraction of sp³-hybridized carbons (Fsp3) is 0.700. The van der Waals surface area contributed by atoms with Crippen LogP contribution >= 0.6 is 0 Å². The molecule has 0 fully saturated rings. The first kappa shape index (κ1) is 7.84. The molecule has 0 spiro atoms. The lowest BCUT2D eigenvalue weighted by atomic mass is 9.78.